The van der Waals surface area contributed by atoms with Crippen LogP contribution >= 0.6 is 14.7 Å². The lowest BCUT2D eigenvalue weighted by atomic mass is 9.75. The Bertz CT molecular complexity index is 1060. The number of hydrogen-bond donors (Lipinski definition) is 0. The van der Waals surface area contributed by atoms with E-state index in [1.165, 1.54) is 12.8 Å². The average Bonchev–Trinajstić information content (AvgIpc) is 2.93. The summed E-state index contributed by atoms with van der Waals surface area (Å²) in [5.41, 5.74) is 0. The van der Waals surface area contributed by atoms with Crippen molar-refractivity contribution >= 4 is 25.3 Å². The summed E-state index contributed by atoms with van der Waals surface area (Å²) in [6, 6.07) is 19.3. The fourth-order valence-corrected chi connectivity index (χ4v) is 12.7. The van der Waals surface area contributed by atoms with Crippen LogP contribution in [0.15, 0.2) is 60.7 Å². The first-order valence-corrected chi connectivity index (χ1v) is 19.3. The predicted octanol–water partition coefficient (Wildman–Crippen LogP) is 9.15. The molecule has 0 aromatic heterocycles. The molecule has 2 aromatic carbocycles. The maximum absolute atomic E-state index is 15.0. The molecule has 2 saturated carbocycles. The lowest BCUT2D eigenvalue weighted by molar-refractivity contribution is 0.0481. The van der Waals surface area contributed by atoms with Gasteiger partial charge in [-0.2, -0.15) is 0 Å². The summed E-state index contributed by atoms with van der Waals surface area (Å²) in [6.45, 7) is 13.5. The van der Waals surface area contributed by atoms with E-state index in [4.69, 9.17) is 9.05 Å². The van der Waals surface area contributed by atoms with Crippen LogP contribution in [0.4, 0.5) is 0 Å². The summed E-state index contributed by atoms with van der Waals surface area (Å²) >= 11 is 0. The Morgan fingerprint density at radius 3 is 1.30 bits per heavy atom. The number of rotatable bonds is 11. The van der Waals surface area contributed by atoms with Gasteiger partial charge in [0.25, 0.3) is 0 Å². The summed E-state index contributed by atoms with van der Waals surface area (Å²) in [4.78, 5) is 0. The molecule has 2 fully saturated rings. The number of benzene rings is 2. The average molecular weight is 587 g/mol. The van der Waals surface area contributed by atoms with Crippen molar-refractivity contribution < 1.29 is 18.2 Å². The second-order valence-electron chi connectivity index (χ2n) is 13.4. The molecular formula is C34H52O4P2. The summed E-state index contributed by atoms with van der Waals surface area (Å²) in [5.74, 6) is 2.76. The molecule has 0 amide bonds. The molecule has 4 rings (SSSR count). The zero-order chi connectivity index (χ0) is 28.9. The fourth-order valence-electron chi connectivity index (χ4n) is 6.97. The summed E-state index contributed by atoms with van der Waals surface area (Å²) in [6.07, 6.45) is 6.72. The van der Waals surface area contributed by atoms with Crippen molar-refractivity contribution in [2.75, 3.05) is 12.3 Å². The minimum atomic E-state index is -3.31. The fraction of sp³-hybridized carbons (Fsp3) is 0.647. The molecule has 2 aromatic rings. The molecule has 2 aliphatic carbocycles. The van der Waals surface area contributed by atoms with Crippen molar-refractivity contribution in [1.29, 1.82) is 0 Å². The molecule has 0 N–H and O–H groups in total. The molecule has 40 heavy (non-hydrogen) atoms. The highest BCUT2D eigenvalue weighted by molar-refractivity contribution is 7.70. The lowest BCUT2D eigenvalue weighted by Gasteiger charge is -2.40. The van der Waals surface area contributed by atoms with Crippen LogP contribution in [-0.2, 0) is 18.2 Å². The van der Waals surface area contributed by atoms with Gasteiger partial charge >= 0.3 is 0 Å². The van der Waals surface area contributed by atoms with E-state index in [9.17, 15) is 9.13 Å². The lowest BCUT2D eigenvalue weighted by Crippen LogP contribution is -2.36. The van der Waals surface area contributed by atoms with Crippen LogP contribution in [0.3, 0.4) is 0 Å². The smallest absolute Gasteiger partial charge is 0.232 e. The Morgan fingerprint density at radius 1 is 0.625 bits per heavy atom. The minimum Gasteiger partial charge on any atom is -0.322 e. The van der Waals surface area contributed by atoms with E-state index in [1.807, 2.05) is 60.7 Å². The van der Waals surface area contributed by atoms with E-state index in [0.29, 0.717) is 35.5 Å². The van der Waals surface area contributed by atoms with Gasteiger partial charge in [-0.05, 0) is 85.5 Å². The van der Waals surface area contributed by atoms with Crippen LogP contribution in [0.25, 0.3) is 0 Å². The first-order chi connectivity index (χ1) is 19.0. The van der Waals surface area contributed by atoms with Crippen LogP contribution in [0, 0.1) is 35.5 Å². The molecule has 2 aliphatic rings. The quantitative estimate of drug-likeness (QED) is 0.246. The second-order valence-corrected chi connectivity index (χ2v) is 18.4. The maximum atomic E-state index is 15.0. The Balaban J connectivity index is 1.65. The molecule has 222 valence electrons. The van der Waals surface area contributed by atoms with E-state index in [2.05, 4.69) is 41.5 Å². The van der Waals surface area contributed by atoms with Crippen LogP contribution in [0.1, 0.15) is 80.1 Å². The summed E-state index contributed by atoms with van der Waals surface area (Å²) in [5, 5.41) is 1.45. The van der Waals surface area contributed by atoms with Gasteiger partial charge in [-0.3, -0.25) is 9.13 Å². The molecule has 0 spiro atoms. The maximum Gasteiger partial charge on any atom is 0.232 e. The molecule has 0 bridgehead atoms. The van der Waals surface area contributed by atoms with Gasteiger partial charge in [0.2, 0.25) is 14.7 Å². The molecular weight excluding hydrogens is 534 g/mol. The van der Waals surface area contributed by atoms with Gasteiger partial charge in [-0.15, -0.1) is 0 Å². The van der Waals surface area contributed by atoms with Crippen LogP contribution in [0.2, 0.25) is 0 Å². The molecule has 0 heterocycles. The number of hydrogen-bond acceptors (Lipinski definition) is 4. The first kappa shape index (κ1) is 31.7. The molecule has 4 nitrogen and oxygen atoms in total. The molecule has 0 aliphatic heterocycles. The van der Waals surface area contributed by atoms with Crippen molar-refractivity contribution in [3.8, 4) is 0 Å². The van der Waals surface area contributed by atoms with E-state index >= 15 is 0 Å². The van der Waals surface area contributed by atoms with Gasteiger partial charge in [0.05, 0.1) is 12.2 Å². The molecule has 0 radical (unpaired) electrons. The van der Waals surface area contributed by atoms with Gasteiger partial charge in [0.15, 0.2) is 0 Å². The van der Waals surface area contributed by atoms with Gasteiger partial charge in [-0.1, -0.05) is 90.8 Å². The van der Waals surface area contributed by atoms with Crippen molar-refractivity contribution in [2.24, 2.45) is 35.5 Å². The topological polar surface area (TPSA) is 52.6 Å². The van der Waals surface area contributed by atoms with Gasteiger partial charge < -0.3 is 9.05 Å². The third kappa shape index (κ3) is 7.80. The highest BCUT2D eigenvalue weighted by atomic mass is 31.2. The predicted molar refractivity (Wildman–Crippen MR) is 170 cm³/mol. The van der Waals surface area contributed by atoms with Crippen molar-refractivity contribution in [3.63, 3.8) is 0 Å². The van der Waals surface area contributed by atoms with E-state index < -0.39 is 14.7 Å². The van der Waals surface area contributed by atoms with Crippen molar-refractivity contribution in [1.82, 2.24) is 0 Å². The monoisotopic (exact) mass is 586 g/mol. The minimum absolute atomic E-state index is 0.0590. The second kappa shape index (κ2) is 13.9. The van der Waals surface area contributed by atoms with E-state index in [1.54, 1.807) is 0 Å². The Morgan fingerprint density at radius 2 is 0.975 bits per heavy atom. The van der Waals surface area contributed by atoms with Crippen LogP contribution in [0.5, 0.6) is 0 Å². The summed E-state index contributed by atoms with van der Waals surface area (Å²) in [7, 11) is -6.63. The zero-order valence-electron chi connectivity index (χ0n) is 25.6. The van der Waals surface area contributed by atoms with E-state index in [-0.39, 0.29) is 24.5 Å². The molecule has 6 heteroatoms. The van der Waals surface area contributed by atoms with Crippen molar-refractivity contribution in [2.45, 2.75) is 92.3 Å². The first-order valence-electron chi connectivity index (χ1n) is 15.7. The third-order valence-electron chi connectivity index (χ3n) is 9.52. The third-order valence-corrected chi connectivity index (χ3v) is 14.9. The zero-order valence-corrected chi connectivity index (χ0v) is 27.4. The molecule has 0 saturated heterocycles. The highest BCUT2D eigenvalue weighted by Gasteiger charge is 2.42. The van der Waals surface area contributed by atoms with E-state index in [0.717, 1.165) is 36.3 Å². The highest BCUT2D eigenvalue weighted by Crippen LogP contribution is 2.57. The Kier molecular flexibility index (Phi) is 11.0. The van der Waals surface area contributed by atoms with Crippen LogP contribution in [-0.4, -0.2) is 24.5 Å². The van der Waals surface area contributed by atoms with Gasteiger partial charge in [0, 0.05) is 22.9 Å². The SMILES string of the molecule is CC(C)[C@H]1CC[C@H](C)C[C@@H]1O[P@@](=O)(CC[P@@](=O)(O[C@@H]1C[C@H](C)CC[C@H]1C(C)C)c1ccccc1)c1ccccc1. The normalized spacial score (nSPS) is 30.6. The van der Waals surface area contributed by atoms with Gasteiger partial charge in [0.1, 0.15) is 0 Å². The Hall–Kier alpha value is -1.18. The standard InChI is InChI=1S/C34H52O4P2/c1-25(2)31-19-17-27(5)23-33(31)37-39(35,29-13-9-7-10-14-29)21-22-40(36,30-15-11-8-12-16-30)38-34-24-28(6)18-20-32(34)26(3)4/h7-16,25-28,31-34H,17-24H2,1-6H3/t27-,28+,31+,32-,33-,34+,39-,40+. The van der Waals surface area contributed by atoms with Crippen molar-refractivity contribution in [3.05, 3.63) is 60.7 Å². The van der Waals surface area contributed by atoms with Gasteiger partial charge in [-0.25, -0.2) is 0 Å². The largest absolute Gasteiger partial charge is 0.322 e. The summed E-state index contributed by atoms with van der Waals surface area (Å²) < 4.78 is 43.5. The molecule has 0 unspecified atom stereocenters. The Labute approximate surface area is 243 Å². The van der Waals surface area contributed by atoms with Crippen LogP contribution < -0.4 is 10.6 Å². The molecule has 8 atom stereocenters.